The Balaban J connectivity index is 0.00000261. The quantitative estimate of drug-likeness (QED) is 0.698. The predicted octanol–water partition coefficient (Wildman–Crippen LogP) is 3.19. The Hall–Kier alpha value is -1.59. The van der Waals surface area contributed by atoms with Gasteiger partial charge in [0.1, 0.15) is 0 Å². The van der Waals surface area contributed by atoms with E-state index in [1.54, 1.807) is 0 Å². The molecule has 1 fully saturated rings. The van der Waals surface area contributed by atoms with Crippen molar-refractivity contribution >= 4 is 29.9 Å². The zero-order valence-electron chi connectivity index (χ0n) is 16.0. The largest absolute Gasteiger partial charge is 0.356 e. The average molecular weight is 394 g/mol. The van der Waals surface area contributed by atoms with Gasteiger partial charge in [-0.1, -0.05) is 37.5 Å². The van der Waals surface area contributed by atoms with Crippen LogP contribution in [0.4, 0.5) is 5.69 Å². The van der Waals surface area contributed by atoms with E-state index in [0.29, 0.717) is 32.4 Å². The van der Waals surface area contributed by atoms with E-state index in [4.69, 9.17) is 5.73 Å². The molecular formula is C21H32ClN3O2. The SMILES string of the molecule is Cl.NCC1(CC(=O)NCCCC(=O)N2CCc3ccccc32)CCCCC1. The third-order valence-electron chi connectivity index (χ3n) is 5.96. The third kappa shape index (κ3) is 5.45. The fourth-order valence-electron chi connectivity index (χ4n) is 4.36. The molecule has 0 radical (unpaired) electrons. The van der Waals surface area contributed by atoms with Crippen LogP contribution in [0, 0.1) is 5.41 Å². The van der Waals surface area contributed by atoms with Crippen molar-refractivity contribution in [3.05, 3.63) is 29.8 Å². The number of carbonyl (C=O) groups is 2. The van der Waals surface area contributed by atoms with E-state index < -0.39 is 0 Å². The maximum absolute atomic E-state index is 12.5. The molecule has 1 heterocycles. The van der Waals surface area contributed by atoms with Crippen molar-refractivity contribution in [1.29, 1.82) is 0 Å². The number of nitrogens with zero attached hydrogens (tertiary/aromatic N) is 1. The number of hydrogen-bond donors (Lipinski definition) is 2. The van der Waals surface area contributed by atoms with Gasteiger partial charge in [-0.15, -0.1) is 12.4 Å². The number of nitrogens with two attached hydrogens (primary N) is 1. The Bertz CT molecular complexity index is 644. The maximum Gasteiger partial charge on any atom is 0.227 e. The number of amides is 2. The lowest BCUT2D eigenvalue weighted by molar-refractivity contribution is -0.124. The number of rotatable bonds is 7. The Morgan fingerprint density at radius 2 is 1.89 bits per heavy atom. The van der Waals surface area contributed by atoms with E-state index >= 15 is 0 Å². The van der Waals surface area contributed by atoms with Crippen LogP contribution in [0.1, 0.15) is 56.9 Å². The Morgan fingerprint density at radius 3 is 2.63 bits per heavy atom. The van der Waals surface area contributed by atoms with E-state index in [0.717, 1.165) is 31.5 Å². The Labute approximate surface area is 168 Å². The lowest BCUT2D eigenvalue weighted by Gasteiger charge is -2.35. The number of nitrogens with one attached hydrogen (secondary N) is 1. The zero-order valence-corrected chi connectivity index (χ0v) is 16.9. The first-order chi connectivity index (χ1) is 12.6. The monoisotopic (exact) mass is 393 g/mol. The molecule has 3 rings (SSSR count). The zero-order chi connectivity index (χ0) is 18.4. The lowest BCUT2D eigenvalue weighted by atomic mass is 9.71. The molecule has 1 saturated carbocycles. The molecule has 150 valence electrons. The van der Waals surface area contributed by atoms with Gasteiger partial charge in [-0.2, -0.15) is 0 Å². The fourth-order valence-corrected chi connectivity index (χ4v) is 4.36. The van der Waals surface area contributed by atoms with Crippen molar-refractivity contribution in [1.82, 2.24) is 5.32 Å². The summed E-state index contributed by atoms with van der Waals surface area (Å²) in [4.78, 5) is 26.6. The van der Waals surface area contributed by atoms with Gasteiger partial charge in [0.2, 0.25) is 11.8 Å². The molecular weight excluding hydrogens is 362 g/mol. The molecule has 1 aliphatic heterocycles. The molecule has 0 bridgehead atoms. The summed E-state index contributed by atoms with van der Waals surface area (Å²) in [7, 11) is 0. The van der Waals surface area contributed by atoms with E-state index in [1.807, 2.05) is 23.1 Å². The highest BCUT2D eigenvalue weighted by Gasteiger charge is 2.32. The van der Waals surface area contributed by atoms with E-state index in [9.17, 15) is 9.59 Å². The molecule has 1 aliphatic carbocycles. The normalized spacial score (nSPS) is 17.7. The number of benzene rings is 1. The van der Waals surface area contributed by atoms with Gasteiger partial charge >= 0.3 is 0 Å². The molecule has 3 N–H and O–H groups in total. The van der Waals surface area contributed by atoms with Gasteiger partial charge in [0.15, 0.2) is 0 Å². The smallest absolute Gasteiger partial charge is 0.227 e. The maximum atomic E-state index is 12.5. The van der Waals surface area contributed by atoms with Crippen LogP contribution in [0.5, 0.6) is 0 Å². The van der Waals surface area contributed by atoms with Crippen LogP contribution in [-0.4, -0.2) is 31.4 Å². The summed E-state index contributed by atoms with van der Waals surface area (Å²) >= 11 is 0. The van der Waals surface area contributed by atoms with Gasteiger partial charge < -0.3 is 16.0 Å². The van der Waals surface area contributed by atoms with Crippen LogP contribution < -0.4 is 16.0 Å². The first-order valence-corrected chi connectivity index (χ1v) is 9.99. The molecule has 1 aromatic rings. The number of fused-ring (bicyclic) bond motifs is 1. The fraction of sp³-hybridized carbons (Fsp3) is 0.619. The molecule has 6 heteroatoms. The molecule has 5 nitrogen and oxygen atoms in total. The molecule has 0 spiro atoms. The third-order valence-corrected chi connectivity index (χ3v) is 5.96. The summed E-state index contributed by atoms with van der Waals surface area (Å²) in [5.74, 6) is 0.228. The summed E-state index contributed by atoms with van der Waals surface area (Å²) in [5, 5.41) is 2.99. The van der Waals surface area contributed by atoms with Crippen LogP contribution >= 0.6 is 12.4 Å². The van der Waals surface area contributed by atoms with Crippen LogP contribution in [0.3, 0.4) is 0 Å². The number of para-hydroxylation sites is 1. The Morgan fingerprint density at radius 1 is 1.15 bits per heavy atom. The summed E-state index contributed by atoms with van der Waals surface area (Å²) in [5.41, 5.74) is 8.25. The van der Waals surface area contributed by atoms with Gasteiger partial charge in [-0.05, 0) is 49.3 Å². The van der Waals surface area contributed by atoms with Gasteiger partial charge in [0.25, 0.3) is 0 Å². The van der Waals surface area contributed by atoms with Gasteiger partial charge in [-0.25, -0.2) is 0 Å². The van der Waals surface area contributed by atoms with Crippen molar-refractivity contribution in [2.75, 3.05) is 24.5 Å². The van der Waals surface area contributed by atoms with Gasteiger partial charge in [0, 0.05) is 31.6 Å². The standard InChI is InChI=1S/C21H31N3O2.ClH/c22-16-21(11-4-1-5-12-21)15-19(25)23-13-6-9-20(26)24-14-10-17-7-2-3-8-18(17)24;/h2-3,7-8H,1,4-6,9-16,22H2,(H,23,25);1H. The number of carbonyl (C=O) groups excluding carboxylic acids is 2. The van der Waals surface area contributed by atoms with Gasteiger partial charge in [-0.3, -0.25) is 9.59 Å². The average Bonchev–Trinajstić information content (AvgIpc) is 3.10. The number of hydrogen-bond acceptors (Lipinski definition) is 3. The molecule has 0 aromatic heterocycles. The minimum atomic E-state index is -0.00257. The van der Waals surface area contributed by atoms with Crippen LogP contribution in [0.15, 0.2) is 24.3 Å². The summed E-state index contributed by atoms with van der Waals surface area (Å²) in [6.45, 7) is 1.91. The molecule has 2 aliphatic rings. The second-order valence-corrected chi connectivity index (χ2v) is 7.82. The van der Waals surface area contributed by atoms with Gasteiger partial charge in [0.05, 0.1) is 0 Å². The molecule has 1 aromatic carbocycles. The molecule has 0 saturated heterocycles. The minimum Gasteiger partial charge on any atom is -0.356 e. The lowest BCUT2D eigenvalue weighted by Crippen LogP contribution is -2.39. The number of anilines is 1. The highest BCUT2D eigenvalue weighted by molar-refractivity contribution is 5.95. The molecule has 27 heavy (non-hydrogen) atoms. The first kappa shape index (κ1) is 21.7. The van der Waals surface area contributed by atoms with E-state index in [1.165, 1.54) is 24.8 Å². The van der Waals surface area contributed by atoms with Crippen molar-refractivity contribution in [2.24, 2.45) is 11.1 Å². The van der Waals surface area contributed by atoms with Crippen molar-refractivity contribution in [3.8, 4) is 0 Å². The van der Waals surface area contributed by atoms with E-state index in [2.05, 4.69) is 11.4 Å². The second-order valence-electron chi connectivity index (χ2n) is 7.82. The van der Waals surface area contributed by atoms with Crippen molar-refractivity contribution < 1.29 is 9.59 Å². The molecule has 2 amide bonds. The minimum absolute atomic E-state index is 0. The highest BCUT2D eigenvalue weighted by atomic mass is 35.5. The van der Waals surface area contributed by atoms with Crippen molar-refractivity contribution in [2.45, 2.75) is 57.8 Å². The summed E-state index contributed by atoms with van der Waals surface area (Å²) in [6, 6.07) is 8.09. The first-order valence-electron chi connectivity index (χ1n) is 9.99. The van der Waals surface area contributed by atoms with E-state index in [-0.39, 0.29) is 29.6 Å². The summed E-state index contributed by atoms with van der Waals surface area (Å²) in [6.07, 6.45) is 8.33. The molecule has 0 unspecified atom stereocenters. The van der Waals surface area contributed by atoms with Crippen LogP contribution in [-0.2, 0) is 16.0 Å². The Kier molecular flexibility index (Phi) is 8.11. The summed E-state index contributed by atoms with van der Waals surface area (Å²) < 4.78 is 0. The molecule has 0 atom stereocenters. The van der Waals surface area contributed by atoms with Crippen LogP contribution in [0.25, 0.3) is 0 Å². The predicted molar refractivity (Wildman–Crippen MR) is 111 cm³/mol. The number of halogens is 1. The topological polar surface area (TPSA) is 75.4 Å². The van der Waals surface area contributed by atoms with Crippen molar-refractivity contribution in [3.63, 3.8) is 0 Å². The second kappa shape index (κ2) is 10.1. The highest BCUT2D eigenvalue weighted by Crippen LogP contribution is 2.38. The van der Waals surface area contributed by atoms with Crippen LogP contribution in [0.2, 0.25) is 0 Å².